The molecule has 2 aromatic rings. The summed E-state index contributed by atoms with van der Waals surface area (Å²) in [6, 6.07) is 1.75. The minimum atomic E-state index is 0.464. The van der Waals surface area contributed by atoms with Crippen LogP contribution in [-0.2, 0) is 6.54 Å². The summed E-state index contributed by atoms with van der Waals surface area (Å²) in [6.45, 7) is 4.86. The molecule has 2 rings (SSSR count). The first-order chi connectivity index (χ1) is 7.69. The van der Waals surface area contributed by atoms with Crippen LogP contribution in [0.5, 0.6) is 0 Å². The number of halogens is 1. The summed E-state index contributed by atoms with van der Waals surface area (Å²) in [4.78, 5) is 8.36. The van der Waals surface area contributed by atoms with Gasteiger partial charge in [0.25, 0.3) is 0 Å². The van der Waals surface area contributed by atoms with E-state index < -0.39 is 0 Å². The van der Waals surface area contributed by atoms with Gasteiger partial charge in [0.1, 0.15) is 11.0 Å². The van der Waals surface area contributed by atoms with Crippen LogP contribution in [0.25, 0.3) is 11.3 Å². The van der Waals surface area contributed by atoms with Crippen molar-refractivity contribution in [1.82, 2.24) is 19.7 Å². The van der Waals surface area contributed by atoms with E-state index in [9.17, 15) is 0 Å². The Balaban J connectivity index is 2.34. The Morgan fingerprint density at radius 1 is 1.38 bits per heavy atom. The number of aromatic nitrogens is 4. The molecule has 0 aliphatic rings. The zero-order valence-corrected chi connectivity index (χ0v) is 10.1. The molecule has 0 bridgehead atoms. The third kappa shape index (κ3) is 2.39. The van der Waals surface area contributed by atoms with Crippen LogP contribution in [-0.4, -0.2) is 19.7 Å². The van der Waals surface area contributed by atoms with Crippen molar-refractivity contribution in [2.75, 3.05) is 0 Å². The number of hydrogen-bond donors (Lipinski definition) is 0. The van der Waals surface area contributed by atoms with Gasteiger partial charge in [-0.25, -0.2) is 9.97 Å². The molecule has 0 aliphatic heterocycles. The predicted molar refractivity (Wildman–Crippen MR) is 63.3 cm³/mol. The maximum Gasteiger partial charge on any atom is 0.133 e. The summed E-state index contributed by atoms with van der Waals surface area (Å²) in [6.07, 6.45) is 4.83. The number of nitrogens with zero attached hydrogens (tertiary/aromatic N) is 4. The Morgan fingerprint density at radius 3 is 2.88 bits per heavy atom. The molecule has 0 unspecified atom stereocenters. The summed E-state index contributed by atoms with van der Waals surface area (Å²) in [7, 11) is 0. The molecular formula is C11H13ClN4. The van der Waals surface area contributed by atoms with E-state index in [4.69, 9.17) is 11.6 Å². The number of hydrogen-bond acceptors (Lipinski definition) is 3. The van der Waals surface area contributed by atoms with Gasteiger partial charge in [0.2, 0.25) is 0 Å². The molecule has 0 N–H and O–H groups in total. The Hall–Kier alpha value is -1.42. The highest BCUT2D eigenvalue weighted by molar-refractivity contribution is 6.29. The third-order valence-electron chi connectivity index (χ3n) is 2.19. The third-order valence-corrected chi connectivity index (χ3v) is 2.38. The summed E-state index contributed by atoms with van der Waals surface area (Å²) >= 11 is 5.89. The zero-order chi connectivity index (χ0) is 11.5. The van der Waals surface area contributed by atoms with Gasteiger partial charge in [-0.05, 0) is 13.3 Å². The van der Waals surface area contributed by atoms with E-state index >= 15 is 0 Å². The van der Waals surface area contributed by atoms with Crippen molar-refractivity contribution >= 4 is 11.6 Å². The standard InChI is InChI=1S/C11H13ClN4/c1-3-4-16-7-9(6-13-16)10-5-11(12)15-8(2)14-10/h5-7H,3-4H2,1-2H3. The van der Waals surface area contributed by atoms with Crippen molar-refractivity contribution in [1.29, 1.82) is 0 Å². The molecule has 4 nitrogen and oxygen atoms in total. The minimum absolute atomic E-state index is 0.464. The van der Waals surface area contributed by atoms with Crippen LogP contribution in [0, 0.1) is 6.92 Å². The lowest BCUT2D eigenvalue weighted by atomic mass is 10.2. The van der Waals surface area contributed by atoms with Crippen LogP contribution in [0.4, 0.5) is 0 Å². The molecule has 5 heteroatoms. The van der Waals surface area contributed by atoms with E-state index in [2.05, 4.69) is 22.0 Å². The molecular weight excluding hydrogens is 224 g/mol. The van der Waals surface area contributed by atoms with Gasteiger partial charge in [-0.2, -0.15) is 5.10 Å². The molecule has 0 saturated heterocycles. The first-order valence-corrected chi connectivity index (χ1v) is 5.61. The minimum Gasteiger partial charge on any atom is -0.272 e. The smallest absolute Gasteiger partial charge is 0.133 e. The van der Waals surface area contributed by atoms with Crippen molar-refractivity contribution in [3.8, 4) is 11.3 Å². The van der Waals surface area contributed by atoms with E-state index in [1.807, 2.05) is 17.8 Å². The zero-order valence-electron chi connectivity index (χ0n) is 9.31. The van der Waals surface area contributed by atoms with Gasteiger partial charge in [0.05, 0.1) is 11.9 Å². The van der Waals surface area contributed by atoms with Crippen molar-refractivity contribution in [3.05, 3.63) is 29.4 Å². The highest BCUT2D eigenvalue weighted by atomic mass is 35.5. The molecule has 0 saturated carbocycles. The van der Waals surface area contributed by atoms with Gasteiger partial charge in [-0.15, -0.1) is 0 Å². The molecule has 0 fully saturated rings. The average molecular weight is 237 g/mol. The molecule has 2 aromatic heterocycles. The molecule has 0 amide bonds. The monoisotopic (exact) mass is 236 g/mol. The van der Waals surface area contributed by atoms with E-state index in [1.54, 1.807) is 12.3 Å². The predicted octanol–water partition coefficient (Wildman–Crippen LogP) is 2.71. The van der Waals surface area contributed by atoms with Gasteiger partial charge in [-0.1, -0.05) is 18.5 Å². The average Bonchev–Trinajstić information content (AvgIpc) is 2.65. The molecule has 16 heavy (non-hydrogen) atoms. The normalized spacial score (nSPS) is 10.7. The van der Waals surface area contributed by atoms with E-state index in [-0.39, 0.29) is 0 Å². The summed E-state index contributed by atoms with van der Waals surface area (Å²) < 4.78 is 1.90. The maximum absolute atomic E-state index is 5.89. The van der Waals surface area contributed by atoms with Crippen LogP contribution in [0.1, 0.15) is 19.2 Å². The Morgan fingerprint density at radius 2 is 2.19 bits per heavy atom. The lowest BCUT2D eigenvalue weighted by Gasteiger charge is -1.99. The van der Waals surface area contributed by atoms with E-state index in [0.29, 0.717) is 11.0 Å². The van der Waals surface area contributed by atoms with Crippen molar-refractivity contribution in [2.45, 2.75) is 26.8 Å². The van der Waals surface area contributed by atoms with Crippen molar-refractivity contribution in [3.63, 3.8) is 0 Å². The van der Waals surface area contributed by atoms with Crippen LogP contribution >= 0.6 is 11.6 Å². The topological polar surface area (TPSA) is 43.6 Å². The first kappa shape index (κ1) is 11.1. The van der Waals surface area contributed by atoms with E-state index in [0.717, 1.165) is 24.2 Å². The van der Waals surface area contributed by atoms with Gasteiger partial charge in [0.15, 0.2) is 0 Å². The second-order valence-electron chi connectivity index (χ2n) is 3.62. The highest BCUT2D eigenvalue weighted by Gasteiger charge is 2.05. The van der Waals surface area contributed by atoms with Gasteiger partial charge in [0, 0.05) is 24.4 Å². The lowest BCUT2D eigenvalue weighted by Crippen LogP contribution is -1.95. The van der Waals surface area contributed by atoms with Crippen LogP contribution < -0.4 is 0 Å². The molecule has 0 atom stereocenters. The van der Waals surface area contributed by atoms with Crippen molar-refractivity contribution < 1.29 is 0 Å². The maximum atomic E-state index is 5.89. The SMILES string of the molecule is CCCn1cc(-c2cc(Cl)nc(C)n2)cn1. The molecule has 0 aliphatic carbocycles. The number of rotatable bonds is 3. The van der Waals surface area contributed by atoms with Crippen LogP contribution in [0.3, 0.4) is 0 Å². The summed E-state index contributed by atoms with van der Waals surface area (Å²) in [5.74, 6) is 0.672. The quantitative estimate of drug-likeness (QED) is 0.770. The molecule has 0 spiro atoms. The Bertz CT molecular complexity index is 472. The molecule has 84 valence electrons. The fourth-order valence-corrected chi connectivity index (χ4v) is 1.75. The van der Waals surface area contributed by atoms with Crippen LogP contribution in [0.15, 0.2) is 18.5 Å². The first-order valence-electron chi connectivity index (χ1n) is 5.23. The summed E-state index contributed by atoms with van der Waals surface area (Å²) in [5, 5.41) is 4.72. The Labute approximate surface area is 99.3 Å². The van der Waals surface area contributed by atoms with Gasteiger partial charge in [-0.3, -0.25) is 4.68 Å². The fourth-order valence-electron chi connectivity index (χ4n) is 1.53. The van der Waals surface area contributed by atoms with Crippen molar-refractivity contribution in [2.24, 2.45) is 0 Å². The van der Waals surface area contributed by atoms with E-state index in [1.165, 1.54) is 0 Å². The summed E-state index contributed by atoms with van der Waals surface area (Å²) in [5.41, 5.74) is 1.79. The molecule has 0 aromatic carbocycles. The molecule has 0 radical (unpaired) electrons. The second kappa shape index (κ2) is 4.61. The highest BCUT2D eigenvalue weighted by Crippen LogP contribution is 2.19. The van der Waals surface area contributed by atoms with Crippen LogP contribution in [0.2, 0.25) is 5.15 Å². The second-order valence-corrected chi connectivity index (χ2v) is 4.00. The van der Waals surface area contributed by atoms with Gasteiger partial charge >= 0.3 is 0 Å². The number of aryl methyl sites for hydroxylation is 2. The fraction of sp³-hybridized carbons (Fsp3) is 0.364. The van der Waals surface area contributed by atoms with Gasteiger partial charge < -0.3 is 0 Å². The lowest BCUT2D eigenvalue weighted by molar-refractivity contribution is 0.603. The molecule has 2 heterocycles. The largest absolute Gasteiger partial charge is 0.272 e. The Kier molecular flexibility index (Phi) is 3.19.